The summed E-state index contributed by atoms with van der Waals surface area (Å²) in [5.74, 6) is 0.957. The number of nitrogens with two attached hydrogens (primary N) is 2. The number of primary amides is 1. The Balaban J connectivity index is 2.06. The van der Waals surface area contributed by atoms with E-state index in [1.807, 2.05) is 0 Å². The summed E-state index contributed by atoms with van der Waals surface area (Å²) < 4.78 is 2.13. The van der Waals surface area contributed by atoms with Crippen LogP contribution < -0.4 is 11.5 Å². The Morgan fingerprint density at radius 1 is 1.44 bits per heavy atom. The number of hydrogen-bond acceptors (Lipinski definition) is 5. The maximum Gasteiger partial charge on any atom is 0.238 e. The van der Waals surface area contributed by atoms with Gasteiger partial charge in [-0.3, -0.25) is 4.79 Å². The summed E-state index contributed by atoms with van der Waals surface area (Å²) in [6.07, 6.45) is 4.51. The van der Waals surface area contributed by atoms with E-state index < -0.39 is 11.4 Å². The second kappa shape index (κ2) is 5.27. The zero-order valence-electron chi connectivity index (χ0n) is 10.6. The summed E-state index contributed by atoms with van der Waals surface area (Å²) >= 11 is 1.45. The molecule has 1 aliphatic rings. The van der Waals surface area contributed by atoms with Crippen LogP contribution in [0.1, 0.15) is 32.0 Å². The van der Waals surface area contributed by atoms with E-state index in [1.165, 1.54) is 24.6 Å². The minimum absolute atomic E-state index is 0.417. The van der Waals surface area contributed by atoms with Gasteiger partial charge in [-0.15, -0.1) is 10.2 Å². The SMILES string of the molecule is CC(N)(CSc1nnc2n1CCCCC2)C(N)=O. The molecule has 18 heavy (non-hydrogen) atoms. The van der Waals surface area contributed by atoms with Gasteiger partial charge in [0.15, 0.2) is 5.16 Å². The van der Waals surface area contributed by atoms with Crippen molar-refractivity contribution in [3.63, 3.8) is 0 Å². The molecule has 1 unspecified atom stereocenters. The predicted molar refractivity (Wildman–Crippen MR) is 70.1 cm³/mol. The normalized spacial score (nSPS) is 18.8. The maximum atomic E-state index is 11.2. The first-order chi connectivity index (χ1) is 8.50. The molecular weight excluding hydrogens is 250 g/mol. The maximum absolute atomic E-state index is 11.2. The third-order valence-electron chi connectivity index (χ3n) is 3.14. The van der Waals surface area contributed by atoms with Gasteiger partial charge in [0.05, 0.1) is 0 Å². The Kier molecular flexibility index (Phi) is 3.91. The van der Waals surface area contributed by atoms with Gasteiger partial charge in [0.25, 0.3) is 0 Å². The average molecular weight is 269 g/mol. The third kappa shape index (κ3) is 2.84. The summed E-state index contributed by atoms with van der Waals surface area (Å²) in [4.78, 5) is 11.2. The fourth-order valence-electron chi connectivity index (χ4n) is 1.85. The molecule has 6 nitrogen and oxygen atoms in total. The molecule has 1 aliphatic heterocycles. The smallest absolute Gasteiger partial charge is 0.238 e. The molecule has 0 aromatic carbocycles. The number of fused-ring (bicyclic) bond motifs is 1. The molecule has 2 heterocycles. The number of aromatic nitrogens is 3. The lowest BCUT2D eigenvalue weighted by Crippen LogP contribution is -2.51. The molecular formula is C11H19N5OS. The van der Waals surface area contributed by atoms with Crippen molar-refractivity contribution in [3.8, 4) is 0 Å². The molecule has 1 aromatic rings. The molecule has 2 rings (SSSR count). The van der Waals surface area contributed by atoms with Crippen molar-refractivity contribution in [1.82, 2.24) is 14.8 Å². The van der Waals surface area contributed by atoms with E-state index in [0.29, 0.717) is 5.75 Å². The zero-order chi connectivity index (χ0) is 13.2. The van der Waals surface area contributed by atoms with E-state index in [9.17, 15) is 4.79 Å². The molecule has 0 fully saturated rings. The van der Waals surface area contributed by atoms with Gasteiger partial charge in [-0.25, -0.2) is 0 Å². The topological polar surface area (TPSA) is 99.8 Å². The molecule has 0 spiro atoms. The summed E-state index contributed by atoms with van der Waals surface area (Å²) in [6, 6.07) is 0. The van der Waals surface area contributed by atoms with Crippen LogP contribution in [-0.2, 0) is 17.8 Å². The van der Waals surface area contributed by atoms with Crippen LogP contribution in [0.3, 0.4) is 0 Å². The van der Waals surface area contributed by atoms with E-state index >= 15 is 0 Å². The zero-order valence-corrected chi connectivity index (χ0v) is 11.4. The number of thioether (sulfide) groups is 1. The van der Waals surface area contributed by atoms with Gasteiger partial charge < -0.3 is 16.0 Å². The van der Waals surface area contributed by atoms with E-state index in [2.05, 4.69) is 14.8 Å². The monoisotopic (exact) mass is 269 g/mol. The van der Waals surface area contributed by atoms with Gasteiger partial charge in [0.1, 0.15) is 11.4 Å². The highest BCUT2D eigenvalue weighted by atomic mass is 32.2. The number of hydrogen-bond donors (Lipinski definition) is 2. The first-order valence-electron chi connectivity index (χ1n) is 6.14. The molecule has 0 saturated carbocycles. The third-order valence-corrected chi connectivity index (χ3v) is 4.44. The number of amides is 1. The van der Waals surface area contributed by atoms with Crippen LogP contribution in [0.4, 0.5) is 0 Å². The lowest BCUT2D eigenvalue weighted by atomic mass is 10.1. The van der Waals surface area contributed by atoms with Crippen LogP contribution in [0.2, 0.25) is 0 Å². The van der Waals surface area contributed by atoms with Crippen molar-refractivity contribution in [2.75, 3.05) is 5.75 Å². The van der Waals surface area contributed by atoms with Gasteiger partial charge >= 0.3 is 0 Å². The molecule has 4 N–H and O–H groups in total. The van der Waals surface area contributed by atoms with E-state index in [-0.39, 0.29) is 0 Å². The van der Waals surface area contributed by atoms with Crippen molar-refractivity contribution < 1.29 is 4.79 Å². The summed E-state index contributed by atoms with van der Waals surface area (Å²) in [5.41, 5.74) is 10.1. The first-order valence-corrected chi connectivity index (χ1v) is 7.13. The Bertz CT molecular complexity index is 443. The van der Waals surface area contributed by atoms with Crippen molar-refractivity contribution in [2.24, 2.45) is 11.5 Å². The fraction of sp³-hybridized carbons (Fsp3) is 0.727. The van der Waals surface area contributed by atoms with Crippen molar-refractivity contribution in [1.29, 1.82) is 0 Å². The second-order valence-corrected chi connectivity index (χ2v) is 5.87. The Morgan fingerprint density at radius 2 is 2.22 bits per heavy atom. The molecule has 100 valence electrons. The van der Waals surface area contributed by atoms with E-state index in [0.717, 1.165) is 30.4 Å². The summed E-state index contributed by atoms with van der Waals surface area (Å²) in [7, 11) is 0. The highest BCUT2D eigenvalue weighted by Gasteiger charge is 2.27. The van der Waals surface area contributed by atoms with Crippen LogP contribution in [0.5, 0.6) is 0 Å². The lowest BCUT2D eigenvalue weighted by Gasteiger charge is -2.19. The number of carbonyl (C=O) groups is 1. The van der Waals surface area contributed by atoms with Crippen LogP contribution in [0, 0.1) is 0 Å². The molecule has 1 amide bonds. The standard InChI is InChI=1S/C11H19N5OS/c1-11(13,9(12)17)7-18-10-15-14-8-5-3-2-4-6-16(8)10/h2-7,13H2,1H3,(H2,12,17). The van der Waals surface area contributed by atoms with Crippen LogP contribution in [-0.4, -0.2) is 32.0 Å². The van der Waals surface area contributed by atoms with Gasteiger partial charge in [-0.1, -0.05) is 18.2 Å². The minimum atomic E-state index is -1.01. The predicted octanol–water partition coefficient (Wildman–Crippen LogP) is 0.299. The average Bonchev–Trinajstić information content (AvgIpc) is 2.55. The van der Waals surface area contributed by atoms with Gasteiger partial charge in [0.2, 0.25) is 5.91 Å². The lowest BCUT2D eigenvalue weighted by molar-refractivity contribution is -0.121. The molecule has 1 atom stereocenters. The molecule has 0 aliphatic carbocycles. The Morgan fingerprint density at radius 3 is 2.94 bits per heavy atom. The first kappa shape index (κ1) is 13.4. The van der Waals surface area contributed by atoms with E-state index in [1.54, 1.807) is 6.92 Å². The quantitative estimate of drug-likeness (QED) is 0.766. The molecule has 0 saturated heterocycles. The molecule has 0 bridgehead atoms. The molecule has 1 aromatic heterocycles. The molecule has 7 heteroatoms. The Labute approximate surface area is 111 Å². The minimum Gasteiger partial charge on any atom is -0.368 e. The van der Waals surface area contributed by atoms with Gasteiger partial charge in [-0.05, 0) is 19.8 Å². The Hall–Kier alpha value is -1.08. The van der Waals surface area contributed by atoms with Crippen molar-refractivity contribution in [3.05, 3.63) is 5.82 Å². The second-order valence-electron chi connectivity index (χ2n) is 4.93. The van der Waals surface area contributed by atoms with Gasteiger partial charge in [0, 0.05) is 18.7 Å². The number of aryl methyl sites for hydroxylation is 1. The van der Waals surface area contributed by atoms with Gasteiger partial charge in [-0.2, -0.15) is 0 Å². The summed E-state index contributed by atoms with van der Waals surface area (Å²) in [5, 5.41) is 9.21. The molecule has 0 radical (unpaired) electrons. The fourth-order valence-corrected chi connectivity index (χ4v) is 2.87. The number of carbonyl (C=O) groups excluding carboxylic acids is 1. The highest BCUT2D eigenvalue weighted by Crippen LogP contribution is 2.23. The van der Waals surface area contributed by atoms with E-state index in [4.69, 9.17) is 11.5 Å². The van der Waals surface area contributed by atoms with Crippen LogP contribution in [0.15, 0.2) is 5.16 Å². The highest BCUT2D eigenvalue weighted by molar-refractivity contribution is 7.99. The van der Waals surface area contributed by atoms with Crippen LogP contribution in [0.25, 0.3) is 0 Å². The van der Waals surface area contributed by atoms with Crippen LogP contribution >= 0.6 is 11.8 Å². The number of nitrogens with zero attached hydrogens (tertiary/aromatic N) is 3. The van der Waals surface area contributed by atoms with Crippen molar-refractivity contribution in [2.45, 2.75) is 49.8 Å². The number of rotatable bonds is 4. The summed E-state index contributed by atoms with van der Waals surface area (Å²) in [6.45, 7) is 2.59. The van der Waals surface area contributed by atoms with Crippen molar-refractivity contribution >= 4 is 17.7 Å². The largest absolute Gasteiger partial charge is 0.368 e.